The van der Waals surface area contributed by atoms with Crippen LogP contribution in [0.3, 0.4) is 0 Å². The van der Waals surface area contributed by atoms with Crippen LogP contribution in [0.25, 0.3) is 0 Å². The molecule has 0 spiro atoms. The lowest BCUT2D eigenvalue weighted by Gasteiger charge is -2.09. The van der Waals surface area contributed by atoms with E-state index in [0.29, 0.717) is 23.2 Å². The summed E-state index contributed by atoms with van der Waals surface area (Å²) in [7, 11) is 2.70. The number of esters is 2. The van der Waals surface area contributed by atoms with Crippen molar-refractivity contribution in [2.24, 2.45) is 0 Å². The second-order valence-electron chi connectivity index (χ2n) is 6.38. The lowest BCUT2D eigenvalue weighted by molar-refractivity contribution is -0.116. The Balaban J connectivity index is 0. The van der Waals surface area contributed by atoms with Gasteiger partial charge in [0.15, 0.2) is 0 Å². The summed E-state index contributed by atoms with van der Waals surface area (Å²) >= 11 is 4.24. The summed E-state index contributed by atoms with van der Waals surface area (Å²) in [5, 5.41) is 2.80. The molecule has 178 valence electrons. The Hall–Kier alpha value is -1.16. The van der Waals surface area contributed by atoms with Crippen molar-refractivity contribution in [1.29, 1.82) is 0 Å². The molecule has 32 heavy (non-hydrogen) atoms. The van der Waals surface area contributed by atoms with Crippen LogP contribution >= 0.6 is 61.2 Å². The molecule has 3 N–H and O–H groups in total. The molecule has 0 unspecified atom stereocenters. The monoisotopic (exact) mass is 782 g/mol. The lowest BCUT2D eigenvalue weighted by atomic mass is 10.1. The molecular formula is C22H29I3N2O5. The third-order valence-electron chi connectivity index (χ3n) is 4.09. The van der Waals surface area contributed by atoms with Gasteiger partial charge in [0.1, 0.15) is 0 Å². The number of nitrogens with two attached hydrogens (primary N) is 1. The Morgan fingerprint density at radius 1 is 0.906 bits per heavy atom. The van der Waals surface area contributed by atoms with Gasteiger partial charge in [0.05, 0.1) is 25.3 Å². The van der Waals surface area contributed by atoms with Gasteiger partial charge in [-0.25, -0.2) is 9.59 Å². The van der Waals surface area contributed by atoms with Crippen LogP contribution in [0, 0.1) is 13.8 Å². The summed E-state index contributed by atoms with van der Waals surface area (Å²) in [5.74, 6) is -0.723. The SMILES string of the molecule is CCCC(=O)Nc1ccc(C(=O)OC)cc1C.COC(=O)c1ccc(N)c(C)c1.I.II. The van der Waals surface area contributed by atoms with Crippen molar-refractivity contribution < 1.29 is 23.9 Å². The zero-order chi connectivity index (χ0) is 24.0. The maximum Gasteiger partial charge on any atom is 0.337 e. The van der Waals surface area contributed by atoms with Crippen LogP contribution in [0.2, 0.25) is 0 Å². The third kappa shape index (κ3) is 11.6. The van der Waals surface area contributed by atoms with Crippen LogP contribution in [0.5, 0.6) is 0 Å². The van der Waals surface area contributed by atoms with E-state index in [9.17, 15) is 14.4 Å². The standard InChI is InChI=1S/C13H17NO3.C9H11NO2.I2.HI/c1-4-5-12(15)14-11-7-6-10(8-9(11)2)13(16)17-3;1-6-5-7(9(11)12-2)3-4-8(6)10;1-2;/h6-8H,4-5H2,1-3H3,(H,14,15);3-5H,10H2,1-2H3;;1H. The highest BCUT2D eigenvalue weighted by molar-refractivity contribution is 15.0. The van der Waals surface area contributed by atoms with E-state index >= 15 is 0 Å². The first-order valence-corrected chi connectivity index (χ1v) is 15.6. The van der Waals surface area contributed by atoms with Gasteiger partial charge in [0, 0.05) is 55.0 Å². The molecule has 0 radical (unpaired) electrons. The minimum atomic E-state index is -0.375. The number of ether oxygens (including phenoxy) is 2. The third-order valence-corrected chi connectivity index (χ3v) is 4.09. The molecule has 0 saturated heterocycles. The van der Waals surface area contributed by atoms with Crippen molar-refractivity contribution in [3.05, 3.63) is 58.7 Å². The van der Waals surface area contributed by atoms with Crippen molar-refractivity contribution in [3.63, 3.8) is 0 Å². The van der Waals surface area contributed by atoms with Gasteiger partial charge in [0.2, 0.25) is 5.91 Å². The summed E-state index contributed by atoms with van der Waals surface area (Å²) in [5.41, 5.74) is 9.74. The number of nitrogens with one attached hydrogen (secondary N) is 1. The maximum absolute atomic E-state index is 11.4. The number of hydrogen-bond donors (Lipinski definition) is 2. The van der Waals surface area contributed by atoms with Crippen molar-refractivity contribution in [1.82, 2.24) is 0 Å². The fourth-order valence-corrected chi connectivity index (χ4v) is 2.41. The smallest absolute Gasteiger partial charge is 0.337 e. The molecule has 1 amide bonds. The van der Waals surface area contributed by atoms with Gasteiger partial charge in [0.25, 0.3) is 0 Å². The molecule has 0 aliphatic heterocycles. The Bertz CT molecular complexity index is 892. The highest BCUT2D eigenvalue weighted by Gasteiger charge is 2.09. The summed E-state index contributed by atoms with van der Waals surface area (Å²) in [6, 6.07) is 10.1. The molecule has 2 aromatic carbocycles. The van der Waals surface area contributed by atoms with Crippen molar-refractivity contribution in [3.8, 4) is 0 Å². The van der Waals surface area contributed by atoms with E-state index < -0.39 is 0 Å². The van der Waals surface area contributed by atoms with Gasteiger partial charge in [-0.15, -0.1) is 24.0 Å². The second kappa shape index (κ2) is 18.3. The number of anilines is 2. The molecule has 2 aromatic rings. The Morgan fingerprint density at radius 3 is 1.78 bits per heavy atom. The number of benzene rings is 2. The van der Waals surface area contributed by atoms with Gasteiger partial charge >= 0.3 is 11.9 Å². The van der Waals surface area contributed by atoms with E-state index in [1.807, 2.05) is 20.8 Å². The van der Waals surface area contributed by atoms with Crippen molar-refractivity contribution in [2.75, 3.05) is 25.3 Å². The molecule has 0 fully saturated rings. The number of rotatable bonds is 5. The van der Waals surface area contributed by atoms with Crippen LogP contribution in [0.1, 0.15) is 51.6 Å². The first-order valence-electron chi connectivity index (χ1n) is 9.31. The van der Waals surface area contributed by atoms with Gasteiger partial charge in [-0.1, -0.05) is 6.92 Å². The number of nitrogen functional groups attached to an aromatic ring is 1. The number of halogens is 3. The van der Waals surface area contributed by atoms with Gasteiger partial charge in [-0.2, -0.15) is 0 Å². The quantitative estimate of drug-likeness (QED) is 0.211. The van der Waals surface area contributed by atoms with E-state index in [1.165, 1.54) is 14.2 Å². The predicted octanol–water partition coefficient (Wildman–Crippen LogP) is 6.27. The largest absolute Gasteiger partial charge is 0.465 e. The van der Waals surface area contributed by atoms with E-state index in [2.05, 4.69) is 52.0 Å². The van der Waals surface area contributed by atoms with Gasteiger partial charge < -0.3 is 20.5 Å². The first-order chi connectivity index (χ1) is 14.7. The number of methoxy groups -OCH3 is 2. The molecular weight excluding hydrogens is 753 g/mol. The molecule has 0 bridgehead atoms. The molecule has 0 aromatic heterocycles. The second-order valence-corrected chi connectivity index (χ2v) is 6.38. The number of hydrogen-bond acceptors (Lipinski definition) is 6. The fraction of sp³-hybridized carbons (Fsp3) is 0.318. The predicted molar refractivity (Wildman–Crippen MR) is 156 cm³/mol. The van der Waals surface area contributed by atoms with E-state index in [-0.39, 0.29) is 41.8 Å². The number of aryl methyl sites for hydroxylation is 2. The molecule has 0 heterocycles. The zero-order valence-electron chi connectivity index (χ0n) is 18.7. The van der Waals surface area contributed by atoms with Crippen LogP contribution < -0.4 is 11.1 Å². The van der Waals surface area contributed by atoms with Gasteiger partial charge in [-0.05, 0) is 67.8 Å². The highest BCUT2D eigenvalue weighted by Crippen LogP contribution is 2.17. The molecule has 10 heteroatoms. The van der Waals surface area contributed by atoms with Gasteiger partial charge in [-0.3, -0.25) is 4.79 Å². The molecule has 0 aliphatic carbocycles. The highest BCUT2D eigenvalue weighted by atomic mass is 128. The van der Waals surface area contributed by atoms with E-state index in [4.69, 9.17) is 5.73 Å². The first kappa shape index (κ1) is 33.0. The topological polar surface area (TPSA) is 108 Å². The lowest BCUT2D eigenvalue weighted by Crippen LogP contribution is -2.12. The van der Waals surface area contributed by atoms with Crippen LogP contribution in [0.15, 0.2) is 36.4 Å². The zero-order valence-corrected chi connectivity index (χ0v) is 25.3. The summed E-state index contributed by atoms with van der Waals surface area (Å²) < 4.78 is 9.18. The Kier molecular flexibility index (Phi) is 18.9. The molecule has 0 aliphatic rings. The Morgan fingerprint density at radius 2 is 1.38 bits per heavy atom. The van der Waals surface area contributed by atoms with E-state index in [0.717, 1.165) is 23.2 Å². The Labute approximate surface area is 229 Å². The van der Waals surface area contributed by atoms with Crippen LogP contribution in [-0.4, -0.2) is 32.1 Å². The fourth-order valence-electron chi connectivity index (χ4n) is 2.41. The van der Waals surface area contributed by atoms with Crippen LogP contribution in [-0.2, 0) is 14.3 Å². The minimum Gasteiger partial charge on any atom is -0.465 e. The van der Waals surface area contributed by atoms with Crippen molar-refractivity contribution in [2.45, 2.75) is 33.6 Å². The normalized spacial score (nSPS) is 8.97. The maximum atomic E-state index is 11.4. The van der Waals surface area contributed by atoms with Crippen molar-refractivity contribution >= 4 is 90.4 Å². The number of carbonyl (C=O) groups is 3. The molecule has 0 saturated carbocycles. The molecule has 0 atom stereocenters. The summed E-state index contributed by atoms with van der Waals surface area (Å²) in [4.78, 5) is 33.7. The molecule has 2 rings (SSSR count). The molecule has 7 nitrogen and oxygen atoms in total. The summed E-state index contributed by atoms with van der Waals surface area (Å²) in [6.07, 6.45) is 1.31. The average Bonchev–Trinajstić information content (AvgIpc) is 2.78. The average molecular weight is 782 g/mol. The van der Waals surface area contributed by atoms with E-state index in [1.54, 1.807) is 36.4 Å². The minimum absolute atomic E-state index is 0. The number of amides is 1. The van der Waals surface area contributed by atoms with Crippen LogP contribution in [0.4, 0.5) is 11.4 Å². The summed E-state index contributed by atoms with van der Waals surface area (Å²) in [6.45, 7) is 5.64. The number of carbonyl (C=O) groups excluding carboxylic acids is 3.